The Hall–Kier alpha value is -1.26. The van der Waals surface area contributed by atoms with Gasteiger partial charge >= 0.3 is 0 Å². The molecule has 0 saturated heterocycles. The van der Waals surface area contributed by atoms with E-state index in [9.17, 15) is 0 Å². The van der Waals surface area contributed by atoms with E-state index in [1.165, 1.54) is 50.7 Å². The Morgan fingerprint density at radius 3 is 2.08 bits per heavy atom. The molecule has 4 bridgehead atoms. The predicted molar refractivity (Wildman–Crippen MR) is 96.9 cm³/mol. The Labute approximate surface area is 145 Å². The van der Waals surface area contributed by atoms with Gasteiger partial charge in [-0.1, -0.05) is 19.9 Å². The highest BCUT2D eigenvalue weighted by Crippen LogP contribution is 2.65. The molecule has 6 N–H and O–H groups in total. The Morgan fingerprint density at radius 1 is 1.00 bits per heavy atom. The van der Waals surface area contributed by atoms with Gasteiger partial charge in [0.25, 0.3) is 0 Å². The summed E-state index contributed by atoms with van der Waals surface area (Å²) in [5.74, 6) is 0.776. The fraction of sp³-hybridized carbons (Fsp3) is 0.700. The second-order valence-electron chi connectivity index (χ2n) is 9.35. The summed E-state index contributed by atoms with van der Waals surface area (Å²) in [6.07, 6.45) is 8.99. The fourth-order valence-corrected chi connectivity index (χ4v) is 6.43. The van der Waals surface area contributed by atoms with Gasteiger partial charge in [-0.2, -0.15) is 0 Å². The van der Waals surface area contributed by atoms with Crippen molar-refractivity contribution in [3.8, 4) is 11.5 Å². The second-order valence-corrected chi connectivity index (χ2v) is 9.35. The van der Waals surface area contributed by atoms with Crippen LogP contribution < -0.4 is 11.5 Å². The van der Waals surface area contributed by atoms with Gasteiger partial charge in [-0.25, -0.2) is 0 Å². The molecule has 4 aliphatic carbocycles. The van der Waals surface area contributed by atoms with Crippen molar-refractivity contribution in [2.24, 2.45) is 28.2 Å². The summed E-state index contributed by atoms with van der Waals surface area (Å²) in [5.41, 5.74) is 14.2. The third-order valence-electron chi connectivity index (χ3n) is 6.14. The van der Waals surface area contributed by atoms with Gasteiger partial charge < -0.3 is 21.7 Å². The molecule has 4 aliphatic rings. The van der Waals surface area contributed by atoms with Crippen LogP contribution in [0.1, 0.15) is 57.9 Å². The summed E-state index contributed by atoms with van der Waals surface area (Å²) >= 11 is 0. The molecule has 1 aromatic rings. The van der Waals surface area contributed by atoms with E-state index in [0.717, 1.165) is 11.5 Å². The average Bonchev–Trinajstić information content (AvgIpc) is 2.38. The Balaban J connectivity index is 0.000000144. The van der Waals surface area contributed by atoms with E-state index in [0.29, 0.717) is 23.8 Å². The van der Waals surface area contributed by atoms with Crippen LogP contribution in [-0.4, -0.2) is 22.3 Å². The zero-order valence-electron chi connectivity index (χ0n) is 15.0. The third kappa shape index (κ3) is 3.55. The van der Waals surface area contributed by atoms with Crippen LogP contribution >= 0.6 is 0 Å². The molecule has 2 unspecified atom stereocenters. The maximum absolute atomic E-state index is 9.04. The molecule has 1 aromatic carbocycles. The largest absolute Gasteiger partial charge is 0.504 e. The first-order valence-electron chi connectivity index (χ1n) is 9.14. The molecule has 134 valence electrons. The molecule has 4 nitrogen and oxygen atoms in total. The third-order valence-corrected chi connectivity index (χ3v) is 6.14. The van der Waals surface area contributed by atoms with Gasteiger partial charge in [-0.05, 0) is 85.9 Å². The molecule has 0 radical (unpaired) electrons. The van der Waals surface area contributed by atoms with Crippen molar-refractivity contribution in [2.75, 3.05) is 6.54 Å². The number of phenolic OH excluding ortho intramolecular Hbond substituents is 2. The number of hydrogen-bond donors (Lipinski definition) is 4. The van der Waals surface area contributed by atoms with E-state index >= 15 is 0 Å². The molecule has 0 spiro atoms. The molecule has 4 heteroatoms. The van der Waals surface area contributed by atoms with Crippen LogP contribution in [0.4, 0.5) is 0 Å². The van der Waals surface area contributed by atoms with Crippen molar-refractivity contribution >= 4 is 0 Å². The highest BCUT2D eigenvalue weighted by molar-refractivity contribution is 5.40. The summed E-state index contributed by atoms with van der Waals surface area (Å²) < 4.78 is 0. The van der Waals surface area contributed by atoms with E-state index < -0.39 is 0 Å². The van der Waals surface area contributed by atoms with Crippen molar-refractivity contribution in [1.82, 2.24) is 0 Å². The molecular formula is C20H32N2O2. The van der Waals surface area contributed by atoms with Gasteiger partial charge in [0.2, 0.25) is 0 Å². The van der Waals surface area contributed by atoms with Crippen LogP contribution in [0, 0.1) is 16.7 Å². The van der Waals surface area contributed by atoms with Crippen LogP contribution in [-0.2, 0) is 6.42 Å². The van der Waals surface area contributed by atoms with Crippen molar-refractivity contribution in [2.45, 2.75) is 64.3 Å². The van der Waals surface area contributed by atoms with Crippen molar-refractivity contribution in [3.63, 3.8) is 0 Å². The smallest absolute Gasteiger partial charge is 0.157 e. The topological polar surface area (TPSA) is 92.5 Å². The first kappa shape index (κ1) is 17.6. The quantitative estimate of drug-likeness (QED) is 0.625. The molecule has 0 heterocycles. The zero-order valence-corrected chi connectivity index (χ0v) is 15.0. The zero-order chi connectivity index (χ0) is 17.6. The standard InChI is InChI=1S/C12H21N.C8H11NO2/c1-10-3-9-4-11(2,6-10)8-12(13,5-9)7-10;9-4-3-6-1-2-7(10)8(11)5-6/h9H,3-8,13H2,1-2H3;1-2,5,10-11H,3-4,9H2. The summed E-state index contributed by atoms with van der Waals surface area (Å²) in [4.78, 5) is 0. The maximum atomic E-state index is 9.04. The SMILES string of the molecule is CC12CC3CC(C)(C1)CC(N)(C3)C2.NCCc1ccc(O)c(O)c1. The lowest BCUT2D eigenvalue weighted by Gasteiger charge is -2.64. The number of hydrogen-bond acceptors (Lipinski definition) is 4. The first-order chi connectivity index (χ1) is 11.1. The minimum atomic E-state index is -0.0919. The molecule has 0 amide bonds. The summed E-state index contributed by atoms with van der Waals surface area (Å²) in [6.45, 7) is 5.49. The first-order valence-corrected chi connectivity index (χ1v) is 9.14. The van der Waals surface area contributed by atoms with E-state index in [1.807, 2.05) is 0 Å². The van der Waals surface area contributed by atoms with Crippen LogP contribution in [0.5, 0.6) is 11.5 Å². The lowest BCUT2D eigenvalue weighted by Crippen LogP contribution is -2.62. The number of phenols is 2. The molecular weight excluding hydrogens is 300 g/mol. The van der Waals surface area contributed by atoms with Gasteiger partial charge in [0.15, 0.2) is 11.5 Å². The fourth-order valence-electron chi connectivity index (χ4n) is 6.43. The van der Waals surface area contributed by atoms with Crippen molar-refractivity contribution in [3.05, 3.63) is 23.8 Å². The molecule has 0 aliphatic heterocycles. The lowest BCUT2D eigenvalue weighted by atomic mass is 9.43. The number of aromatic hydroxyl groups is 2. The van der Waals surface area contributed by atoms with Crippen molar-refractivity contribution < 1.29 is 10.2 Å². The van der Waals surface area contributed by atoms with E-state index in [-0.39, 0.29) is 17.0 Å². The molecule has 5 rings (SSSR count). The van der Waals surface area contributed by atoms with E-state index in [4.69, 9.17) is 21.7 Å². The van der Waals surface area contributed by atoms with Crippen LogP contribution in [0.15, 0.2) is 18.2 Å². The highest BCUT2D eigenvalue weighted by atomic mass is 16.3. The molecule has 24 heavy (non-hydrogen) atoms. The molecule has 4 fully saturated rings. The van der Waals surface area contributed by atoms with Gasteiger partial charge in [-0.3, -0.25) is 0 Å². The number of benzene rings is 1. The van der Waals surface area contributed by atoms with Crippen LogP contribution in [0.3, 0.4) is 0 Å². The molecule has 4 saturated carbocycles. The summed E-state index contributed by atoms with van der Waals surface area (Å²) in [7, 11) is 0. The van der Waals surface area contributed by atoms with Gasteiger partial charge in [0.1, 0.15) is 0 Å². The molecule has 0 aromatic heterocycles. The Kier molecular flexibility index (Phi) is 4.33. The minimum Gasteiger partial charge on any atom is -0.504 e. The van der Waals surface area contributed by atoms with Crippen molar-refractivity contribution in [1.29, 1.82) is 0 Å². The van der Waals surface area contributed by atoms with E-state index in [1.54, 1.807) is 6.07 Å². The Bertz CT molecular complexity index is 565. The minimum absolute atomic E-state index is 0.0871. The van der Waals surface area contributed by atoms with Crippen LogP contribution in [0.2, 0.25) is 0 Å². The lowest BCUT2D eigenvalue weighted by molar-refractivity contribution is -0.104. The van der Waals surface area contributed by atoms with Gasteiger partial charge in [-0.15, -0.1) is 0 Å². The van der Waals surface area contributed by atoms with Gasteiger partial charge in [0, 0.05) is 5.54 Å². The number of rotatable bonds is 2. The average molecular weight is 332 g/mol. The maximum Gasteiger partial charge on any atom is 0.157 e. The predicted octanol–water partition coefficient (Wildman–Crippen LogP) is 3.29. The summed E-state index contributed by atoms with van der Waals surface area (Å²) in [5, 5.41) is 18.0. The van der Waals surface area contributed by atoms with E-state index in [2.05, 4.69) is 13.8 Å². The summed E-state index contributed by atoms with van der Waals surface area (Å²) in [6, 6.07) is 4.71. The van der Waals surface area contributed by atoms with Crippen LogP contribution in [0.25, 0.3) is 0 Å². The second kappa shape index (κ2) is 5.92. The molecule has 2 atom stereocenters. The number of nitrogens with two attached hydrogens (primary N) is 2. The highest BCUT2D eigenvalue weighted by Gasteiger charge is 2.58. The monoisotopic (exact) mass is 332 g/mol. The van der Waals surface area contributed by atoms with Gasteiger partial charge in [0.05, 0.1) is 0 Å². The normalized spacial score (nSPS) is 39.4. The Morgan fingerprint density at radius 2 is 1.62 bits per heavy atom.